The van der Waals surface area contributed by atoms with Crippen LogP contribution >= 0.6 is 0 Å². The number of rotatable bonds is 3. The smallest absolute Gasteiger partial charge is 0.226 e. The number of amides is 1. The molecule has 3 rings (SSSR count). The second kappa shape index (κ2) is 7.67. The highest BCUT2D eigenvalue weighted by molar-refractivity contribution is 5.79. The summed E-state index contributed by atoms with van der Waals surface area (Å²) in [6.45, 7) is 1.79. The summed E-state index contributed by atoms with van der Waals surface area (Å²) in [7, 11) is 1.69. The molecule has 23 heavy (non-hydrogen) atoms. The van der Waals surface area contributed by atoms with Crippen LogP contribution in [0.2, 0.25) is 0 Å². The Balaban J connectivity index is 1.69. The number of hydrogen-bond donors (Lipinski definition) is 0. The summed E-state index contributed by atoms with van der Waals surface area (Å²) in [6.07, 6.45) is 10.8. The van der Waals surface area contributed by atoms with Crippen molar-refractivity contribution in [2.24, 2.45) is 5.92 Å². The van der Waals surface area contributed by atoms with E-state index in [0.29, 0.717) is 11.8 Å². The third-order valence-corrected chi connectivity index (χ3v) is 5.19. The van der Waals surface area contributed by atoms with Crippen molar-refractivity contribution in [2.75, 3.05) is 20.2 Å². The van der Waals surface area contributed by atoms with E-state index in [1.165, 1.54) is 18.4 Å². The number of likely N-dealkylation sites (tertiary alicyclic amines) is 1. The van der Waals surface area contributed by atoms with E-state index in [2.05, 4.69) is 29.2 Å². The van der Waals surface area contributed by atoms with Crippen LogP contribution in [-0.4, -0.2) is 31.0 Å². The molecule has 2 aliphatic rings. The number of nitrogens with zero attached hydrogens (tertiary/aromatic N) is 1. The summed E-state index contributed by atoms with van der Waals surface area (Å²) in [4.78, 5) is 15.0. The van der Waals surface area contributed by atoms with Crippen molar-refractivity contribution < 1.29 is 9.53 Å². The van der Waals surface area contributed by atoms with Gasteiger partial charge in [0.2, 0.25) is 5.91 Å². The summed E-state index contributed by atoms with van der Waals surface area (Å²) in [5.41, 5.74) is 1.33. The maximum atomic E-state index is 12.9. The fourth-order valence-electron chi connectivity index (χ4n) is 3.77. The summed E-state index contributed by atoms with van der Waals surface area (Å²) < 4.78 is 5.25. The molecule has 3 nitrogen and oxygen atoms in total. The van der Waals surface area contributed by atoms with Gasteiger partial charge in [0.1, 0.15) is 5.75 Å². The van der Waals surface area contributed by atoms with Crippen LogP contribution in [0.3, 0.4) is 0 Å². The lowest BCUT2D eigenvalue weighted by Gasteiger charge is -2.29. The van der Waals surface area contributed by atoms with Crippen LogP contribution in [0.5, 0.6) is 5.75 Å². The molecule has 1 aromatic rings. The molecule has 0 spiro atoms. The fraction of sp³-hybridized carbons (Fsp3) is 0.550. The zero-order valence-electron chi connectivity index (χ0n) is 14.0. The van der Waals surface area contributed by atoms with Crippen molar-refractivity contribution in [3.63, 3.8) is 0 Å². The first kappa shape index (κ1) is 16.1. The van der Waals surface area contributed by atoms with Gasteiger partial charge in [-0.2, -0.15) is 0 Å². The van der Waals surface area contributed by atoms with E-state index in [9.17, 15) is 4.79 Å². The van der Waals surface area contributed by atoms with Crippen molar-refractivity contribution in [3.05, 3.63) is 42.0 Å². The molecule has 0 N–H and O–H groups in total. The predicted molar refractivity (Wildman–Crippen MR) is 92.6 cm³/mol. The largest absolute Gasteiger partial charge is 0.497 e. The zero-order valence-corrected chi connectivity index (χ0v) is 14.0. The molecular formula is C20H27NO2. The van der Waals surface area contributed by atoms with Gasteiger partial charge in [0.15, 0.2) is 0 Å². The fourth-order valence-corrected chi connectivity index (χ4v) is 3.77. The van der Waals surface area contributed by atoms with Crippen LogP contribution < -0.4 is 4.74 Å². The van der Waals surface area contributed by atoms with E-state index in [0.717, 1.165) is 44.5 Å². The van der Waals surface area contributed by atoms with Gasteiger partial charge in [-0.05, 0) is 49.8 Å². The second-order valence-electron chi connectivity index (χ2n) is 6.73. The number of allylic oxidation sites excluding steroid dienone is 2. The molecule has 1 fully saturated rings. The first-order valence-corrected chi connectivity index (χ1v) is 8.85. The van der Waals surface area contributed by atoms with E-state index in [1.807, 2.05) is 12.1 Å². The minimum absolute atomic E-state index is 0.203. The summed E-state index contributed by atoms with van der Waals surface area (Å²) in [5.74, 6) is 1.92. The lowest BCUT2D eigenvalue weighted by molar-refractivity contribution is -0.135. The first-order chi connectivity index (χ1) is 11.3. The van der Waals surface area contributed by atoms with Crippen molar-refractivity contribution >= 4 is 5.91 Å². The van der Waals surface area contributed by atoms with Crippen LogP contribution in [0, 0.1) is 5.92 Å². The molecule has 0 bridgehead atoms. The van der Waals surface area contributed by atoms with Gasteiger partial charge in [0.25, 0.3) is 0 Å². The minimum Gasteiger partial charge on any atom is -0.497 e. The molecule has 2 unspecified atom stereocenters. The van der Waals surface area contributed by atoms with Gasteiger partial charge < -0.3 is 9.64 Å². The van der Waals surface area contributed by atoms with Gasteiger partial charge in [-0.25, -0.2) is 0 Å². The van der Waals surface area contributed by atoms with E-state index in [4.69, 9.17) is 4.74 Å². The Kier molecular flexibility index (Phi) is 5.37. The van der Waals surface area contributed by atoms with Gasteiger partial charge in [0, 0.05) is 24.9 Å². The minimum atomic E-state index is 0.203. The van der Waals surface area contributed by atoms with Crippen LogP contribution in [-0.2, 0) is 4.79 Å². The molecule has 0 radical (unpaired) electrons. The van der Waals surface area contributed by atoms with Gasteiger partial charge in [0.05, 0.1) is 7.11 Å². The number of ether oxygens (including phenoxy) is 1. The molecule has 0 aromatic heterocycles. The van der Waals surface area contributed by atoms with Gasteiger partial charge in [-0.3, -0.25) is 4.79 Å². The Morgan fingerprint density at radius 2 is 1.96 bits per heavy atom. The normalized spacial score (nSPS) is 25.0. The van der Waals surface area contributed by atoms with Crippen molar-refractivity contribution in [3.8, 4) is 5.75 Å². The maximum Gasteiger partial charge on any atom is 0.226 e. The SMILES string of the molecule is COc1ccc(C2CCCCN(C(=O)C3CC=CCC3)C2)cc1. The van der Waals surface area contributed by atoms with E-state index in [-0.39, 0.29) is 5.92 Å². The van der Waals surface area contributed by atoms with Crippen LogP contribution in [0.25, 0.3) is 0 Å². The quantitative estimate of drug-likeness (QED) is 0.785. The average molecular weight is 313 g/mol. The summed E-state index contributed by atoms with van der Waals surface area (Å²) in [5, 5.41) is 0. The standard InChI is InChI=1S/C20H27NO2/c1-23-19-12-10-16(11-13-19)18-9-5-6-14-21(15-18)20(22)17-7-3-2-4-8-17/h2-3,10-13,17-18H,4-9,14-15H2,1H3. The zero-order chi connectivity index (χ0) is 16.1. The number of methoxy groups -OCH3 is 1. The third kappa shape index (κ3) is 3.95. The molecular weight excluding hydrogens is 286 g/mol. The number of benzene rings is 1. The Bertz CT molecular complexity index is 549. The Hall–Kier alpha value is -1.77. The lowest BCUT2D eigenvalue weighted by Crippen LogP contribution is -2.38. The third-order valence-electron chi connectivity index (χ3n) is 5.19. The second-order valence-corrected chi connectivity index (χ2v) is 6.73. The highest BCUT2D eigenvalue weighted by atomic mass is 16.5. The molecule has 2 atom stereocenters. The first-order valence-electron chi connectivity index (χ1n) is 8.85. The van der Waals surface area contributed by atoms with Gasteiger partial charge in [-0.1, -0.05) is 30.7 Å². The van der Waals surface area contributed by atoms with Crippen molar-refractivity contribution in [2.45, 2.75) is 44.4 Å². The highest BCUT2D eigenvalue weighted by Gasteiger charge is 2.28. The average Bonchev–Trinajstić information content (AvgIpc) is 2.88. The predicted octanol–water partition coefficient (Wildman–Crippen LogP) is 4.15. The monoisotopic (exact) mass is 313 g/mol. The molecule has 1 saturated heterocycles. The van der Waals surface area contributed by atoms with Crippen LogP contribution in [0.4, 0.5) is 0 Å². The molecule has 124 valence electrons. The number of carbonyl (C=O) groups excluding carboxylic acids is 1. The molecule has 1 amide bonds. The number of carbonyl (C=O) groups is 1. The lowest BCUT2D eigenvalue weighted by atomic mass is 9.91. The van der Waals surface area contributed by atoms with Crippen molar-refractivity contribution in [1.82, 2.24) is 4.90 Å². The van der Waals surface area contributed by atoms with Crippen molar-refractivity contribution in [1.29, 1.82) is 0 Å². The topological polar surface area (TPSA) is 29.5 Å². The van der Waals surface area contributed by atoms with E-state index in [1.54, 1.807) is 7.11 Å². The molecule has 1 heterocycles. The number of hydrogen-bond acceptors (Lipinski definition) is 2. The van der Waals surface area contributed by atoms with E-state index < -0.39 is 0 Å². The van der Waals surface area contributed by atoms with Gasteiger partial charge >= 0.3 is 0 Å². The van der Waals surface area contributed by atoms with Crippen LogP contribution in [0.1, 0.15) is 50.0 Å². The maximum absolute atomic E-state index is 12.9. The Morgan fingerprint density at radius 1 is 1.13 bits per heavy atom. The molecule has 1 aliphatic heterocycles. The molecule has 3 heteroatoms. The van der Waals surface area contributed by atoms with Gasteiger partial charge in [-0.15, -0.1) is 0 Å². The highest BCUT2D eigenvalue weighted by Crippen LogP contribution is 2.30. The Labute approximate surface area is 139 Å². The molecule has 0 saturated carbocycles. The Morgan fingerprint density at radius 3 is 2.65 bits per heavy atom. The van der Waals surface area contributed by atoms with Crippen LogP contribution in [0.15, 0.2) is 36.4 Å². The van der Waals surface area contributed by atoms with E-state index >= 15 is 0 Å². The molecule has 1 aromatic carbocycles. The summed E-state index contributed by atoms with van der Waals surface area (Å²) in [6, 6.07) is 8.36. The molecule has 1 aliphatic carbocycles. The summed E-state index contributed by atoms with van der Waals surface area (Å²) >= 11 is 0.